The van der Waals surface area contributed by atoms with E-state index in [0.29, 0.717) is 6.54 Å². The van der Waals surface area contributed by atoms with Gasteiger partial charge in [-0.05, 0) is 49.3 Å². The predicted molar refractivity (Wildman–Crippen MR) is 92.7 cm³/mol. The smallest absolute Gasteiger partial charge is 0.0827 e. The topological polar surface area (TPSA) is 66.5 Å². The lowest BCUT2D eigenvalue weighted by atomic mass is 9.86. The zero-order valence-electron chi connectivity index (χ0n) is 14.4. The Morgan fingerprint density at radius 1 is 1.14 bits per heavy atom. The molecule has 1 rings (SSSR count). The second kappa shape index (κ2) is 9.29. The molecule has 0 aliphatic carbocycles. The molecule has 1 aromatic carbocycles. The van der Waals surface area contributed by atoms with Crippen LogP contribution in [0.1, 0.15) is 70.1 Å². The number of aryl methyl sites for hydroxylation is 1. The van der Waals surface area contributed by atoms with E-state index in [-0.39, 0.29) is 5.92 Å². The van der Waals surface area contributed by atoms with E-state index in [1.807, 2.05) is 19.1 Å². The predicted octanol–water partition coefficient (Wildman–Crippen LogP) is 3.58. The lowest BCUT2D eigenvalue weighted by molar-refractivity contribution is 0.0132. The van der Waals surface area contributed by atoms with Gasteiger partial charge in [-0.1, -0.05) is 57.9 Å². The fourth-order valence-electron chi connectivity index (χ4n) is 3.07. The average molecular weight is 307 g/mol. The third-order valence-electron chi connectivity index (χ3n) is 4.51. The van der Waals surface area contributed by atoms with Gasteiger partial charge in [-0.15, -0.1) is 0 Å². The zero-order chi connectivity index (χ0) is 16.6. The Balaban J connectivity index is 2.73. The lowest BCUT2D eigenvalue weighted by Crippen LogP contribution is -2.29. The molecule has 1 aromatic rings. The first-order chi connectivity index (χ1) is 10.5. The van der Waals surface area contributed by atoms with Crippen LogP contribution >= 0.6 is 0 Å². The summed E-state index contributed by atoms with van der Waals surface area (Å²) >= 11 is 0. The fraction of sp³-hybridized carbons (Fsp3) is 0.684. The van der Waals surface area contributed by atoms with Crippen LogP contribution in [-0.2, 0) is 6.42 Å². The molecule has 0 radical (unpaired) electrons. The van der Waals surface area contributed by atoms with Gasteiger partial charge in [-0.25, -0.2) is 0 Å². The fourth-order valence-corrected chi connectivity index (χ4v) is 3.07. The Labute approximate surface area is 135 Å². The number of rotatable bonds is 10. The van der Waals surface area contributed by atoms with Crippen LogP contribution in [0.3, 0.4) is 0 Å². The standard InChI is InChI=1S/C19H33NO2/c1-4-10-19(22,11-5-2)12-9-16-7-6-8-17(13-16)18(21)15(3)14-20/h6-8,13,15,18,21-22H,4-5,9-12,14,20H2,1-3H3/t15-,18-/m0/s1. The third-order valence-corrected chi connectivity index (χ3v) is 4.51. The normalized spacial score (nSPS) is 14.8. The van der Waals surface area contributed by atoms with Crippen molar-refractivity contribution in [2.75, 3.05) is 6.54 Å². The molecule has 126 valence electrons. The first kappa shape index (κ1) is 19.1. The van der Waals surface area contributed by atoms with Crippen molar-refractivity contribution in [2.24, 2.45) is 11.7 Å². The van der Waals surface area contributed by atoms with E-state index in [0.717, 1.165) is 44.1 Å². The molecule has 0 heterocycles. The zero-order valence-corrected chi connectivity index (χ0v) is 14.4. The van der Waals surface area contributed by atoms with Crippen molar-refractivity contribution in [2.45, 2.75) is 71.0 Å². The SMILES string of the molecule is CCCC(O)(CCC)CCc1cccc([C@@H](O)[C@@H](C)CN)c1. The van der Waals surface area contributed by atoms with E-state index in [2.05, 4.69) is 26.0 Å². The van der Waals surface area contributed by atoms with Gasteiger partial charge in [0, 0.05) is 0 Å². The van der Waals surface area contributed by atoms with E-state index in [9.17, 15) is 10.2 Å². The quantitative estimate of drug-likeness (QED) is 0.619. The molecule has 2 atom stereocenters. The van der Waals surface area contributed by atoms with E-state index < -0.39 is 11.7 Å². The summed E-state index contributed by atoms with van der Waals surface area (Å²) in [6.07, 6.45) is 4.82. The molecule has 22 heavy (non-hydrogen) atoms. The van der Waals surface area contributed by atoms with Gasteiger partial charge in [0.25, 0.3) is 0 Å². The number of nitrogens with two attached hydrogens (primary N) is 1. The van der Waals surface area contributed by atoms with Crippen LogP contribution in [0.15, 0.2) is 24.3 Å². The summed E-state index contributed by atoms with van der Waals surface area (Å²) in [5, 5.41) is 21.0. The Hall–Kier alpha value is -0.900. The van der Waals surface area contributed by atoms with Crippen LogP contribution in [0.25, 0.3) is 0 Å². The minimum Gasteiger partial charge on any atom is -0.390 e. The van der Waals surface area contributed by atoms with Crippen molar-refractivity contribution in [3.8, 4) is 0 Å². The molecule has 3 heteroatoms. The first-order valence-corrected chi connectivity index (χ1v) is 8.65. The Kier molecular flexibility index (Phi) is 8.08. The minimum atomic E-state index is -0.553. The van der Waals surface area contributed by atoms with Crippen molar-refractivity contribution in [1.29, 1.82) is 0 Å². The van der Waals surface area contributed by atoms with Crippen molar-refractivity contribution in [3.05, 3.63) is 35.4 Å². The summed E-state index contributed by atoms with van der Waals surface area (Å²) in [7, 11) is 0. The molecule has 0 aliphatic heterocycles. The van der Waals surface area contributed by atoms with Gasteiger partial charge >= 0.3 is 0 Å². The molecule has 0 unspecified atom stereocenters. The van der Waals surface area contributed by atoms with Crippen LogP contribution in [0.4, 0.5) is 0 Å². The second-order valence-electron chi connectivity index (χ2n) is 6.63. The van der Waals surface area contributed by atoms with Crippen LogP contribution in [0.5, 0.6) is 0 Å². The maximum Gasteiger partial charge on any atom is 0.0827 e. The van der Waals surface area contributed by atoms with Gasteiger partial charge in [-0.2, -0.15) is 0 Å². The van der Waals surface area contributed by atoms with Crippen molar-refractivity contribution in [3.63, 3.8) is 0 Å². The number of hydrogen-bond donors (Lipinski definition) is 3. The van der Waals surface area contributed by atoms with Gasteiger partial charge in [0.15, 0.2) is 0 Å². The van der Waals surface area contributed by atoms with E-state index >= 15 is 0 Å². The molecule has 0 bridgehead atoms. The first-order valence-electron chi connectivity index (χ1n) is 8.65. The number of aliphatic hydroxyl groups is 2. The monoisotopic (exact) mass is 307 g/mol. The molecule has 0 saturated carbocycles. The van der Waals surface area contributed by atoms with Crippen LogP contribution < -0.4 is 5.73 Å². The Morgan fingerprint density at radius 2 is 1.77 bits per heavy atom. The van der Waals surface area contributed by atoms with Gasteiger partial charge < -0.3 is 15.9 Å². The highest BCUT2D eigenvalue weighted by Crippen LogP contribution is 2.27. The highest BCUT2D eigenvalue weighted by molar-refractivity contribution is 5.26. The number of hydrogen-bond acceptors (Lipinski definition) is 3. The molecule has 3 nitrogen and oxygen atoms in total. The summed E-state index contributed by atoms with van der Waals surface area (Å²) in [5.74, 6) is 0.0485. The molecule has 0 saturated heterocycles. The van der Waals surface area contributed by atoms with Crippen LogP contribution in [-0.4, -0.2) is 22.4 Å². The molecular formula is C19H33NO2. The minimum absolute atomic E-state index is 0.0485. The van der Waals surface area contributed by atoms with Gasteiger partial charge in [-0.3, -0.25) is 0 Å². The summed E-state index contributed by atoms with van der Waals surface area (Å²) < 4.78 is 0. The molecule has 4 N–H and O–H groups in total. The molecule has 0 amide bonds. The summed E-state index contributed by atoms with van der Waals surface area (Å²) in [4.78, 5) is 0. The molecular weight excluding hydrogens is 274 g/mol. The van der Waals surface area contributed by atoms with Gasteiger partial charge in [0.1, 0.15) is 0 Å². The summed E-state index contributed by atoms with van der Waals surface area (Å²) in [5.41, 5.74) is 7.18. The van der Waals surface area contributed by atoms with E-state index in [1.165, 1.54) is 5.56 Å². The summed E-state index contributed by atoms with van der Waals surface area (Å²) in [6, 6.07) is 8.05. The Bertz CT molecular complexity index is 427. The third kappa shape index (κ3) is 5.71. The maximum absolute atomic E-state index is 10.7. The van der Waals surface area contributed by atoms with Crippen molar-refractivity contribution < 1.29 is 10.2 Å². The van der Waals surface area contributed by atoms with E-state index in [1.54, 1.807) is 0 Å². The van der Waals surface area contributed by atoms with Gasteiger partial charge in [0.05, 0.1) is 11.7 Å². The molecule has 0 spiro atoms. The van der Waals surface area contributed by atoms with Crippen LogP contribution in [0, 0.1) is 5.92 Å². The summed E-state index contributed by atoms with van der Waals surface area (Å²) in [6.45, 7) is 6.66. The van der Waals surface area contributed by atoms with Crippen molar-refractivity contribution in [1.82, 2.24) is 0 Å². The van der Waals surface area contributed by atoms with Crippen LogP contribution in [0.2, 0.25) is 0 Å². The number of benzene rings is 1. The average Bonchev–Trinajstić information content (AvgIpc) is 2.52. The lowest BCUT2D eigenvalue weighted by Gasteiger charge is -2.27. The molecule has 0 aromatic heterocycles. The second-order valence-corrected chi connectivity index (χ2v) is 6.63. The van der Waals surface area contributed by atoms with Gasteiger partial charge in [0.2, 0.25) is 0 Å². The maximum atomic E-state index is 10.7. The van der Waals surface area contributed by atoms with Crippen molar-refractivity contribution >= 4 is 0 Å². The number of aliphatic hydroxyl groups excluding tert-OH is 1. The molecule has 0 aliphatic rings. The molecule has 0 fully saturated rings. The van der Waals surface area contributed by atoms with E-state index in [4.69, 9.17) is 5.73 Å². The largest absolute Gasteiger partial charge is 0.390 e. The highest BCUT2D eigenvalue weighted by Gasteiger charge is 2.24. The highest BCUT2D eigenvalue weighted by atomic mass is 16.3. The Morgan fingerprint density at radius 3 is 2.32 bits per heavy atom.